The molecule has 25 heavy (non-hydrogen) atoms. The molecule has 0 aliphatic carbocycles. The van der Waals surface area contributed by atoms with Gasteiger partial charge in [0.05, 0.1) is 29.6 Å². The summed E-state index contributed by atoms with van der Waals surface area (Å²) in [6.45, 7) is 0.707. The van der Waals surface area contributed by atoms with Gasteiger partial charge in [0, 0.05) is 26.0 Å². The molecule has 1 atom stereocenters. The summed E-state index contributed by atoms with van der Waals surface area (Å²) in [7, 11) is 3.86. The van der Waals surface area contributed by atoms with E-state index in [0.29, 0.717) is 12.2 Å². The van der Waals surface area contributed by atoms with E-state index in [1.54, 1.807) is 12.4 Å². The number of rotatable bonds is 3. The predicted octanol–water partition coefficient (Wildman–Crippen LogP) is 2.40. The maximum atomic E-state index is 13.1. The van der Waals surface area contributed by atoms with Gasteiger partial charge in [-0.15, -0.1) is 0 Å². The quantitative estimate of drug-likeness (QED) is 0.794. The standard InChI is InChI=1S/C18H20N6O/c1-23(2)16-11-19-10-14(20-16)15-8-5-9-24(15)18(25)17-12-6-3-4-7-13(12)21-22-17/h3-4,6-7,10-11,15H,5,8-9H2,1-2H3,(H,21,22). The van der Waals surface area contributed by atoms with Gasteiger partial charge >= 0.3 is 0 Å². The maximum Gasteiger partial charge on any atom is 0.275 e. The van der Waals surface area contributed by atoms with Crippen molar-refractivity contribution in [2.45, 2.75) is 18.9 Å². The highest BCUT2D eigenvalue weighted by Crippen LogP contribution is 2.33. The molecule has 1 fully saturated rings. The van der Waals surface area contributed by atoms with E-state index in [0.717, 1.165) is 35.3 Å². The van der Waals surface area contributed by atoms with Crippen LogP contribution >= 0.6 is 0 Å². The summed E-state index contributed by atoms with van der Waals surface area (Å²) >= 11 is 0. The van der Waals surface area contributed by atoms with Crippen LogP contribution in [-0.2, 0) is 0 Å². The van der Waals surface area contributed by atoms with Crippen molar-refractivity contribution in [3.8, 4) is 0 Å². The first-order valence-electron chi connectivity index (χ1n) is 8.38. The van der Waals surface area contributed by atoms with E-state index < -0.39 is 0 Å². The third-order valence-corrected chi connectivity index (χ3v) is 4.63. The van der Waals surface area contributed by atoms with E-state index in [2.05, 4.69) is 20.2 Å². The Morgan fingerprint density at radius 3 is 2.96 bits per heavy atom. The Morgan fingerprint density at radius 2 is 2.12 bits per heavy atom. The Labute approximate surface area is 145 Å². The largest absolute Gasteiger partial charge is 0.361 e. The number of nitrogens with zero attached hydrogens (tertiary/aromatic N) is 5. The Balaban J connectivity index is 1.67. The third-order valence-electron chi connectivity index (χ3n) is 4.63. The van der Waals surface area contributed by atoms with Crippen molar-refractivity contribution < 1.29 is 4.79 Å². The van der Waals surface area contributed by atoms with Crippen LogP contribution in [0.4, 0.5) is 5.82 Å². The molecule has 3 aromatic rings. The molecule has 1 N–H and O–H groups in total. The number of carbonyl (C=O) groups is 1. The number of H-pyrrole nitrogens is 1. The molecule has 3 heterocycles. The third kappa shape index (κ3) is 2.71. The number of aromatic nitrogens is 4. The molecule has 1 aliphatic heterocycles. The molecule has 1 amide bonds. The van der Waals surface area contributed by atoms with Crippen LogP contribution in [0.2, 0.25) is 0 Å². The lowest BCUT2D eigenvalue weighted by atomic mass is 10.1. The molecular formula is C18H20N6O. The molecule has 2 aromatic heterocycles. The topological polar surface area (TPSA) is 78.0 Å². The normalized spacial score (nSPS) is 17.2. The maximum absolute atomic E-state index is 13.1. The van der Waals surface area contributed by atoms with Crippen LogP contribution in [0.3, 0.4) is 0 Å². The van der Waals surface area contributed by atoms with Crippen molar-refractivity contribution in [3.05, 3.63) is 48.0 Å². The van der Waals surface area contributed by atoms with Crippen LogP contribution < -0.4 is 4.90 Å². The van der Waals surface area contributed by atoms with Gasteiger partial charge in [-0.1, -0.05) is 18.2 Å². The second kappa shape index (κ2) is 6.16. The minimum absolute atomic E-state index is 0.0583. The number of para-hydroxylation sites is 1. The second-order valence-corrected chi connectivity index (χ2v) is 6.47. The molecule has 1 unspecified atom stereocenters. The van der Waals surface area contributed by atoms with E-state index in [9.17, 15) is 4.79 Å². The molecule has 1 saturated heterocycles. The molecule has 1 aliphatic rings. The zero-order valence-electron chi connectivity index (χ0n) is 14.3. The van der Waals surface area contributed by atoms with Crippen molar-refractivity contribution in [3.63, 3.8) is 0 Å². The molecule has 7 nitrogen and oxygen atoms in total. The van der Waals surface area contributed by atoms with Crippen LogP contribution in [0, 0.1) is 0 Å². The minimum Gasteiger partial charge on any atom is -0.361 e. The zero-order valence-corrected chi connectivity index (χ0v) is 14.3. The average molecular weight is 336 g/mol. The SMILES string of the molecule is CN(C)c1cncc(C2CCCN2C(=O)c2n[nH]c3ccccc23)n1. The van der Waals surface area contributed by atoms with Gasteiger partial charge in [-0.05, 0) is 18.9 Å². The predicted molar refractivity (Wildman–Crippen MR) is 95.5 cm³/mol. The van der Waals surface area contributed by atoms with E-state index >= 15 is 0 Å². The number of aromatic amines is 1. The summed E-state index contributed by atoms with van der Waals surface area (Å²) in [5, 5.41) is 8.05. The van der Waals surface area contributed by atoms with Crippen LogP contribution in [0.25, 0.3) is 10.9 Å². The van der Waals surface area contributed by atoms with Gasteiger partial charge in [0.2, 0.25) is 0 Å². The van der Waals surface area contributed by atoms with Crippen molar-refractivity contribution in [1.82, 2.24) is 25.1 Å². The van der Waals surface area contributed by atoms with Gasteiger partial charge in [0.15, 0.2) is 5.69 Å². The van der Waals surface area contributed by atoms with Crippen LogP contribution in [0.15, 0.2) is 36.7 Å². The van der Waals surface area contributed by atoms with Crippen LogP contribution in [0.1, 0.15) is 35.1 Å². The molecule has 0 spiro atoms. The minimum atomic E-state index is -0.0598. The molecule has 7 heteroatoms. The average Bonchev–Trinajstić information content (AvgIpc) is 3.28. The number of hydrogen-bond acceptors (Lipinski definition) is 5. The summed E-state index contributed by atoms with van der Waals surface area (Å²) in [4.78, 5) is 25.9. The van der Waals surface area contributed by atoms with Crippen molar-refractivity contribution in [2.75, 3.05) is 25.5 Å². The van der Waals surface area contributed by atoms with Crippen molar-refractivity contribution in [2.24, 2.45) is 0 Å². The van der Waals surface area contributed by atoms with E-state index in [1.807, 2.05) is 48.2 Å². The number of fused-ring (bicyclic) bond motifs is 1. The lowest BCUT2D eigenvalue weighted by molar-refractivity contribution is 0.0728. The first-order valence-corrected chi connectivity index (χ1v) is 8.38. The number of nitrogens with one attached hydrogen (secondary N) is 1. The smallest absolute Gasteiger partial charge is 0.275 e. The summed E-state index contributed by atoms with van der Waals surface area (Å²) < 4.78 is 0. The number of likely N-dealkylation sites (tertiary alicyclic amines) is 1. The number of hydrogen-bond donors (Lipinski definition) is 1. The Hall–Kier alpha value is -2.96. The number of carbonyl (C=O) groups excluding carboxylic acids is 1. The van der Waals surface area contributed by atoms with Gasteiger partial charge < -0.3 is 9.80 Å². The zero-order chi connectivity index (χ0) is 17.4. The molecule has 128 valence electrons. The molecule has 0 bridgehead atoms. The lowest BCUT2D eigenvalue weighted by Gasteiger charge is -2.24. The Kier molecular flexibility index (Phi) is 3.83. The highest BCUT2D eigenvalue weighted by Gasteiger charge is 2.33. The summed E-state index contributed by atoms with van der Waals surface area (Å²) in [5.41, 5.74) is 2.17. The molecule has 4 rings (SSSR count). The molecule has 0 radical (unpaired) electrons. The highest BCUT2D eigenvalue weighted by molar-refractivity contribution is 6.04. The number of benzene rings is 1. The van der Waals surface area contributed by atoms with Gasteiger partial charge in [0.25, 0.3) is 5.91 Å². The summed E-state index contributed by atoms with van der Waals surface area (Å²) in [5.74, 6) is 0.735. The van der Waals surface area contributed by atoms with E-state index in [1.165, 1.54) is 0 Å². The summed E-state index contributed by atoms with van der Waals surface area (Å²) in [6.07, 6.45) is 5.32. The van der Waals surface area contributed by atoms with E-state index in [-0.39, 0.29) is 11.9 Å². The fraction of sp³-hybridized carbons (Fsp3) is 0.333. The van der Waals surface area contributed by atoms with Crippen molar-refractivity contribution in [1.29, 1.82) is 0 Å². The molecule has 0 saturated carbocycles. The number of amides is 1. The first-order chi connectivity index (χ1) is 12.1. The van der Waals surface area contributed by atoms with Gasteiger partial charge in [-0.25, -0.2) is 4.98 Å². The molecular weight excluding hydrogens is 316 g/mol. The van der Waals surface area contributed by atoms with Crippen LogP contribution in [0.5, 0.6) is 0 Å². The Bertz CT molecular complexity index is 919. The fourth-order valence-electron chi connectivity index (χ4n) is 3.33. The van der Waals surface area contributed by atoms with Gasteiger partial charge in [0.1, 0.15) is 5.82 Å². The first kappa shape index (κ1) is 15.6. The molecule has 1 aromatic carbocycles. The van der Waals surface area contributed by atoms with Gasteiger partial charge in [-0.3, -0.25) is 14.9 Å². The van der Waals surface area contributed by atoms with Gasteiger partial charge in [-0.2, -0.15) is 5.10 Å². The van der Waals surface area contributed by atoms with Crippen LogP contribution in [-0.4, -0.2) is 51.6 Å². The Morgan fingerprint density at radius 1 is 1.28 bits per heavy atom. The van der Waals surface area contributed by atoms with E-state index in [4.69, 9.17) is 0 Å². The monoisotopic (exact) mass is 336 g/mol. The highest BCUT2D eigenvalue weighted by atomic mass is 16.2. The second-order valence-electron chi connectivity index (χ2n) is 6.47. The fourth-order valence-corrected chi connectivity index (χ4v) is 3.33. The summed E-state index contributed by atoms with van der Waals surface area (Å²) in [6, 6.07) is 7.63. The van der Waals surface area contributed by atoms with Crippen molar-refractivity contribution >= 4 is 22.6 Å². The number of anilines is 1. The lowest BCUT2D eigenvalue weighted by Crippen LogP contribution is -2.31.